The molecule has 0 aliphatic carbocycles. The maximum Gasteiger partial charge on any atom is 0.193 e. The Morgan fingerprint density at radius 3 is 2.82 bits per heavy atom. The average molecular weight is 391 g/mol. The summed E-state index contributed by atoms with van der Waals surface area (Å²) in [5, 5.41) is 3.29. The van der Waals surface area contributed by atoms with Gasteiger partial charge >= 0.3 is 0 Å². The van der Waals surface area contributed by atoms with E-state index in [1.54, 1.807) is 7.05 Å². The number of hydrogen-bond acceptors (Lipinski definition) is 3. The minimum absolute atomic E-state index is 0.180. The van der Waals surface area contributed by atoms with Crippen LogP contribution in [0.3, 0.4) is 0 Å². The Morgan fingerprint density at radius 1 is 1.59 bits per heavy atom. The van der Waals surface area contributed by atoms with Gasteiger partial charge in [0.15, 0.2) is 15.8 Å². The van der Waals surface area contributed by atoms with Gasteiger partial charge in [-0.25, -0.2) is 8.42 Å². The number of aryl methyl sites for hydroxylation is 1. The molecule has 2 rings (SSSR count). The first-order chi connectivity index (χ1) is 10.3. The van der Waals surface area contributed by atoms with E-state index in [0.717, 1.165) is 23.4 Å². The molecule has 1 saturated heterocycles. The molecule has 1 aliphatic heterocycles. The van der Waals surface area contributed by atoms with Crippen molar-refractivity contribution in [2.45, 2.75) is 13.0 Å². The van der Waals surface area contributed by atoms with Gasteiger partial charge in [0, 0.05) is 44.1 Å². The second-order valence-corrected chi connectivity index (χ2v) is 8.96. The van der Waals surface area contributed by atoms with Gasteiger partial charge < -0.3 is 14.8 Å². The van der Waals surface area contributed by atoms with Gasteiger partial charge in [0.1, 0.15) is 0 Å². The van der Waals surface area contributed by atoms with Gasteiger partial charge in [0.05, 0.1) is 18.1 Å². The summed E-state index contributed by atoms with van der Waals surface area (Å²) in [4.78, 5) is 6.31. The van der Waals surface area contributed by atoms with Crippen molar-refractivity contribution in [2.24, 2.45) is 18.0 Å². The molecule has 2 heterocycles. The van der Waals surface area contributed by atoms with Crippen molar-refractivity contribution >= 4 is 31.7 Å². The molecule has 0 amide bonds. The van der Waals surface area contributed by atoms with E-state index in [0.29, 0.717) is 12.3 Å². The standard InChI is InChI=1S/C14H23BrN4O2S/c1-16-14(17-7-11-4-5-22(20,21)10-11)19(3)9-13-6-12(15)8-18(13)2/h6,8,11H,4-5,7,9-10H2,1-3H3,(H,16,17). The number of nitrogens with zero attached hydrogens (tertiary/aromatic N) is 3. The van der Waals surface area contributed by atoms with Crippen LogP contribution in [0.15, 0.2) is 21.7 Å². The minimum Gasteiger partial charge on any atom is -0.356 e. The number of hydrogen-bond donors (Lipinski definition) is 1. The smallest absolute Gasteiger partial charge is 0.193 e. The number of aliphatic imine (C=N–C) groups is 1. The predicted octanol–water partition coefficient (Wildman–Crippen LogP) is 1.23. The molecule has 1 aliphatic rings. The third kappa shape index (κ3) is 4.49. The van der Waals surface area contributed by atoms with Crippen LogP contribution in [0, 0.1) is 5.92 Å². The molecule has 1 aromatic rings. The Kier molecular flexibility index (Phi) is 5.55. The van der Waals surface area contributed by atoms with E-state index < -0.39 is 9.84 Å². The molecule has 0 spiro atoms. The Bertz CT molecular complexity index is 654. The number of halogens is 1. The van der Waals surface area contributed by atoms with Gasteiger partial charge in [-0.1, -0.05) is 0 Å². The van der Waals surface area contributed by atoms with Crippen LogP contribution in [0.1, 0.15) is 12.1 Å². The average Bonchev–Trinajstić information content (AvgIpc) is 2.92. The van der Waals surface area contributed by atoms with Crippen molar-refractivity contribution < 1.29 is 8.42 Å². The van der Waals surface area contributed by atoms with Crippen LogP contribution in [0.2, 0.25) is 0 Å². The molecule has 0 radical (unpaired) electrons. The van der Waals surface area contributed by atoms with Crippen LogP contribution in [0.5, 0.6) is 0 Å². The Balaban J connectivity index is 1.90. The summed E-state index contributed by atoms with van der Waals surface area (Å²) < 4.78 is 26.1. The van der Waals surface area contributed by atoms with Crippen molar-refractivity contribution in [3.8, 4) is 0 Å². The molecule has 124 valence electrons. The number of sulfone groups is 1. The summed E-state index contributed by atoms with van der Waals surface area (Å²) in [5.41, 5.74) is 1.17. The second kappa shape index (κ2) is 7.04. The van der Waals surface area contributed by atoms with Gasteiger partial charge in [-0.2, -0.15) is 0 Å². The molecule has 0 saturated carbocycles. The Morgan fingerprint density at radius 2 is 2.32 bits per heavy atom. The Labute approximate surface area is 140 Å². The first kappa shape index (κ1) is 17.3. The number of aromatic nitrogens is 1. The van der Waals surface area contributed by atoms with E-state index >= 15 is 0 Å². The summed E-state index contributed by atoms with van der Waals surface area (Å²) in [5.74, 6) is 1.55. The number of guanidine groups is 1. The molecule has 8 heteroatoms. The van der Waals surface area contributed by atoms with E-state index in [1.807, 2.05) is 25.2 Å². The summed E-state index contributed by atoms with van der Waals surface area (Å²) in [6.07, 6.45) is 2.75. The quantitative estimate of drug-likeness (QED) is 0.620. The predicted molar refractivity (Wildman–Crippen MR) is 92.7 cm³/mol. The van der Waals surface area contributed by atoms with E-state index in [9.17, 15) is 8.42 Å². The van der Waals surface area contributed by atoms with Crippen molar-refractivity contribution in [2.75, 3.05) is 32.1 Å². The summed E-state index contributed by atoms with van der Waals surface area (Å²) in [6.45, 7) is 1.37. The molecular formula is C14H23BrN4O2S. The highest BCUT2D eigenvalue weighted by Gasteiger charge is 2.27. The number of rotatable bonds is 4. The van der Waals surface area contributed by atoms with Gasteiger partial charge in [0.2, 0.25) is 0 Å². The lowest BCUT2D eigenvalue weighted by atomic mass is 10.1. The third-order valence-corrected chi connectivity index (χ3v) is 6.19. The molecular weight excluding hydrogens is 368 g/mol. The highest BCUT2D eigenvalue weighted by atomic mass is 79.9. The fraction of sp³-hybridized carbons (Fsp3) is 0.643. The zero-order chi connectivity index (χ0) is 16.3. The fourth-order valence-corrected chi connectivity index (χ4v) is 5.13. The maximum absolute atomic E-state index is 11.5. The van der Waals surface area contributed by atoms with E-state index in [2.05, 4.69) is 36.9 Å². The lowest BCUT2D eigenvalue weighted by Gasteiger charge is -2.23. The summed E-state index contributed by atoms with van der Waals surface area (Å²) in [6, 6.07) is 2.08. The van der Waals surface area contributed by atoms with Crippen LogP contribution in [0.4, 0.5) is 0 Å². The van der Waals surface area contributed by atoms with Gasteiger partial charge in [0.25, 0.3) is 0 Å². The zero-order valence-electron chi connectivity index (χ0n) is 13.2. The molecule has 1 N–H and O–H groups in total. The lowest BCUT2D eigenvalue weighted by Crippen LogP contribution is -2.41. The van der Waals surface area contributed by atoms with Crippen molar-refractivity contribution in [1.29, 1.82) is 0 Å². The molecule has 0 aromatic carbocycles. The Hall–Kier alpha value is -1.02. The molecule has 1 aromatic heterocycles. The second-order valence-electron chi connectivity index (χ2n) is 5.81. The molecule has 22 heavy (non-hydrogen) atoms. The largest absolute Gasteiger partial charge is 0.356 e. The molecule has 1 unspecified atom stereocenters. The maximum atomic E-state index is 11.5. The summed E-state index contributed by atoms with van der Waals surface area (Å²) in [7, 11) is 2.90. The lowest BCUT2D eigenvalue weighted by molar-refractivity contribution is 0.451. The van der Waals surface area contributed by atoms with E-state index in [1.165, 1.54) is 5.69 Å². The van der Waals surface area contributed by atoms with Gasteiger partial charge in [-0.05, 0) is 34.3 Å². The molecule has 1 atom stereocenters. The van der Waals surface area contributed by atoms with Crippen LogP contribution >= 0.6 is 15.9 Å². The van der Waals surface area contributed by atoms with Crippen molar-refractivity contribution in [3.63, 3.8) is 0 Å². The molecule has 6 nitrogen and oxygen atoms in total. The fourth-order valence-electron chi connectivity index (χ4n) is 2.69. The normalized spacial score (nSPS) is 21.1. The minimum atomic E-state index is -2.82. The SMILES string of the molecule is CN=C(NCC1CCS(=O)(=O)C1)N(C)Cc1cc(Br)cn1C. The van der Waals surface area contributed by atoms with Crippen LogP contribution in [-0.4, -0.2) is 56.0 Å². The number of nitrogens with one attached hydrogen (secondary N) is 1. The third-order valence-electron chi connectivity index (χ3n) is 3.92. The van der Waals surface area contributed by atoms with Crippen LogP contribution in [-0.2, 0) is 23.4 Å². The summed E-state index contributed by atoms with van der Waals surface area (Å²) >= 11 is 3.47. The first-order valence-corrected chi connectivity index (χ1v) is 9.85. The van der Waals surface area contributed by atoms with E-state index in [-0.39, 0.29) is 11.7 Å². The van der Waals surface area contributed by atoms with Crippen LogP contribution in [0.25, 0.3) is 0 Å². The van der Waals surface area contributed by atoms with Crippen molar-refractivity contribution in [1.82, 2.24) is 14.8 Å². The monoisotopic (exact) mass is 390 g/mol. The molecule has 0 bridgehead atoms. The highest BCUT2D eigenvalue weighted by molar-refractivity contribution is 9.10. The van der Waals surface area contributed by atoms with E-state index in [4.69, 9.17) is 0 Å². The van der Waals surface area contributed by atoms with Gasteiger partial charge in [-0.15, -0.1) is 0 Å². The highest BCUT2D eigenvalue weighted by Crippen LogP contribution is 2.18. The molecule has 1 fully saturated rings. The zero-order valence-corrected chi connectivity index (χ0v) is 15.6. The topological polar surface area (TPSA) is 66.7 Å². The van der Waals surface area contributed by atoms with Gasteiger partial charge in [-0.3, -0.25) is 4.99 Å². The first-order valence-electron chi connectivity index (χ1n) is 7.23. The van der Waals surface area contributed by atoms with Crippen molar-refractivity contribution in [3.05, 3.63) is 22.4 Å². The van der Waals surface area contributed by atoms with Crippen LogP contribution < -0.4 is 5.32 Å².